The van der Waals surface area contributed by atoms with Gasteiger partial charge in [0, 0.05) is 12.0 Å². The average molecular weight is 288 g/mol. The van der Waals surface area contributed by atoms with Gasteiger partial charge < -0.3 is 15.2 Å². The minimum absolute atomic E-state index is 0.0142. The Balaban J connectivity index is 1.97. The Morgan fingerprint density at radius 1 is 1.29 bits per heavy atom. The lowest BCUT2D eigenvalue weighted by Gasteiger charge is -2.12. The molecule has 6 nitrogen and oxygen atoms in total. The Kier molecular flexibility index (Phi) is 4.92. The summed E-state index contributed by atoms with van der Waals surface area (Å²) >= 11 is 0. The fourth-order valence-electron chi connectivity index (χ4n) is 2.00. The molecule has 0 radical (unpaired) electrons. The van der Waals surface area contributed by atoms with Gasteiger partial charge in [0.2, 0.25) is 5.91 Å². The summed E-state index contributed by atoms with van der Waals surface area (Å²) in [5.41, 5.74) is 0.781. The van der Waals surface area contributed by atoms with Gasteiger partial charge in [-0.15, -0.1) is 0 Å². The number of carbonyl (C=O) groups excluding carboxylic acids is 1. The summed E-state index contributed by atoms with van der Waals surface area (Å²) in [5.74, 6) is 1.96. The summed E-state index contributed by atoms with van der Waals surface area (Å²) in [6.07, 6.45) is 3.30. The quantitative estimate of drug-likeness (QED) is 0.850. The summed E-state index contributed by atoms with van der Waals surface area (Å²) in [4.78, 5) is 16.2. The smallest absolute Gasteiger partial charge is 0.228 e. The zero-order valence-corrected chi connectivity index (χ0v) is 12.5. The van der Waals surface area contributed by atoms with Crippen molar-refractivity contribution in [3.63, 3.8) is 0 Å². The normalized spacial score (nSPS) is 10.7. The number of nitrogens with one attached hydrogen (secondary N) is 2. The highest BCUT2D eigenvalue weighted by molar-refractivity contribution is 5.91. The van der Waals surface area contributed by atoms with Crippen LogP contribution in [0.4, 0.5) is 17.3 Å². The fraction of sp³-hybridized carbons (Fsp3) is 0.400. The lowest BCUT2D eigenvalue weighted by Crippen LogP contribution is -2.22. The van der Waals surface area contributed by atoms with E-state index in [1.54, 1.807) is 18.3 Å². The third kappa shape index (κ3) is 4.05. The minimum atomic E-state index is 0.0142. The van der Waals surface area contributed by atoms with E-state index in [-0.39, 0.29) is 11.8 Å². The maximum Gasteiger partial charge on any atom is 0.228 e. The predicted octanol–water partition coefficient (Wildman–Crippen LogP) is 3.50. The van der Waals surface area contributed by atoms with E-state index in [0.29, 0.717) is 11.6 Å². The lowest BCUT2D eigenvalue weighted by atomic mass is 10.0. The van der Waals surface area contributed by atoms with E-state index in [2.05, 4.69) is 20.8 Å². The molecule has 0 atom stereocenters. The monoisotopic (exact) mass is 288 g/mol. The number of aromatic nitrogens is 2. The topological polar surface area (TPSA) is 80.0 Å². The molecule has 6 heteroatoms. The highest BCUT2D eigenvalue weighted by Gasteiger charge is 2.14. The Morgan fingerprint density at radius 3 is 2.57 bits per heavy atom. The predicted molar refractivity (Wildman–Crippen MR) is 81.5 cm³/mol. The van der Waals surface area contributed by atoms with Gasteiger partial charge in [0.25, 0.3) is 0 Å². The third-order valence-corrected chi connectivity index (χ3v) is 3.27. The van der Waals surface area contributed by atoms with Crippen molar-refractivity contribution in [2.45, 2.75) is 33.6 Å². The van der Waals surface area contributed by atoms with E-state index in [4.69, 9.17) is 4.52 Å². The van der Waals surface area contributed by atoms with E-state index in [9.17, 15) is 4.79 Å². The molecule has 2 heterocycles. The molecule has 0 saturated heterocycles. The Labute approximate surface area is 123 Å². The van der Waals surface area contributed by atoms with Crippen molar-refractivity contribution >= 4 is 23.2 Å². The molecule has 0 saturated carbocycles. The van der Waals surface area contributed by atoms with Gasteiger partial charge in [-0.25, -0.2) is 4.98 Å². The van der Waals surface area contributed by atoms with Gasteiger partial charge >= 0.3 is 0 Å². The van der Waals surface area contributed by atoms with Gasteiger partial charge in [-0.3, -0.25) is 4.79 Å². The van der Waals surface area contributed by atoms with Crippen LogP contribution in [0.2, 0.25) is 0 Å². The average Bonchev–Trinajstić information content (AvgIpc) is 2.88. The maximum atomic E-state index is 12.0. The molecule has 2 N–H and O–H groups in total. The van der Waals surface area contributed by atoms with E-state index in [0.717, 1.165) is 24.3 Å². The van der Waals surface area contributed by atoms with Crippen LogP contribution in [0.25, 0.3) is 0 Å². The molecule has 0 aliphatic rings. The Bertz CT molecular complexity index is 588. The fourth-order valence-corrected chi connectivity index (χ4v) is 2.00. The second kappa shape index (κ2) is 6.88. The number of hydrogen-bond donors (Lipinski definition) is 2. The molecule has 0 aliphatic heterocycles. The summed E-state index contributed by atoms with van der Waals surface area (Å²) in [6.45, 7) is 5.84. The first kappa shape index (κ1) is 15.0. The number of aryl methyl sites for hydroxylation is 1. The molecule has 0 aromatic carbocycles. The van der Waals surface area contributed by atoms with Crippen molar-refractivity contribution in [2.24, 2.45) is 5.92 Å². The lowest BCUT2D eigenvalue weighted by molar-refractivity contribution is -0.120. The molecule has 112 valence electrons. The Hall–Kier alpha value is -2.37. The van der Waals surface area contributed by atoms with Crippen LogP contribution >= 0.6 is 0 Å². The number of hydrogen-bond acceptors (Lipinski definition) is 5. The van der Waals surface area contributed by atoms with Crippen LogP contribution in [0.3, 0.4) is 0 Å². The molecule has 0 unspecified atom stereocenters. The van der Waals surface area contributed by atoms with Gasteiger partial charge in [-0.2, -0.15) is 0 Å². The number of nitrogens with zero attached hydrogens (tertiary/aromatic N) is 2. The Morgan fingerprint density at radius 2 is 2.05 bits per heavy atom. The van der Waals surface area contributed by atoms with E-state index in [1.165, 1.54) is 0 Å². The van der Waals surface area contributed by atoms with Gasteiger partial charge in [0.1, 0.15) is 11.6 Å². The molecule has 0 aliphatic carbocycles. The van der Waals surface area contributed by atoms with Crippen molar-refractivity contribution in [1.82, 2.24) is 10.1 Å². The van der Waals surface area contributed by atoms with Crippen molar-refractivity contribution in [1.29, 1.82) is 0 Å². The van der Waals surface area contributed by atoms with Crippen molar-refractivity contribution in [3.8, 4) is 0 Å². The molecule has 1 amide bonds. The van der Waals surface area contributed by atoms with Crippen LogP contribution in [0, 0.1) is 12.8 Å². The summed E-state index contributed by atoms with van der Waals surface area (Å²) in [5, 5.41) is 9.74. The molecule has 0 fully saturated rings. The first-order valence-corrected chi connectivity index (χ1v) is 7.09. The number of anilines is 3. The van der Waals surface area contributed by atoms with Crippen LogP contribution in [0.5, 0.6) is 0 Å². The summed E-state index contributed by atoms with van der Waals surface area (Å²) in [6, 6.07) is 5.39. The zero-order chi connectivity index (χ0) is 15.2. The summed E-state index contributed by atoms with van der Waals surface area (Å²) < 4.78 is 4.97. The van der Waals surface area contributed by atoms with Crippen LogP contribution in [0.15, 0.2) is 28.9 Å². The van der Waals surface area contributed by atoms with Crippen LogP contribution in [0.1, 0.15) is 32.4 Å². The minimum Gasteiger partial charge on any atom is -0.360 e. The first-order valence-electron chi connectivity index (χ1n) is 7.09. The molecule has 2 rings (SSSR count). The molecule has 0 spiro atoms. The van der Waals surface area contributed by atoms with Crippen molar-refractivity contribution in [2.75, 3.05) is 10.6 Å². The summed E-state index contributed by atoms with van der Waals surface area (Å²) in [7, 11) is 0. The molecule has 21 heavy (non-hydrogen) atoms. The van der Waals surface area contributed by atoms with Gasteiger partial charge in [0.05, 0.1) is 11.9 Å². The number of pyridine rings is 1. The van der Waals surface area contributed by atoms with E-state index < -0.39 is 0 Å². The van der Waals surface area contributed by atoms with E-state index in [1.807, 2.05) is 26.8 Å². The van der Waals surface area contributed by atoms with Crippen LogP contribution < -0.4 is 10.6 Å². The molecule has 2 aromatic heterocycles. The molecule has 2 aromatic rings. The van der Waals surface area contributed by atoms with Crippen molar-refractivity contribution in [3.05, 3.63) is 30.2 Å². The van der Waals surface area contributed by atoms with Gasteiger partial charge in [0.15, 0.2) is 5.82 Å². The molecular weight excluding hydrogens is 268 g/mol. The van der Waals surface area contributed by atoms with Crippen LogP contribution in [-0.2, 0) is 4.79 Å². The number of rotatable bonds is 6. The highest BCUT2D eigenvalue weighted by atomic mass is 16.5. The maximum absolute atomic E-state index is 12.0. The second-order valence-corrected chi connectivity index (χ2v) is 4.88. The van der Waals surface area contributed by atoms with Crippen molar-refractivity contribution < 1.29 is 9.32 Å². The largest absolute Gasteiger partial charge is 0.360 e. The third-order valence-electron chi connectivity index (χ3n) is 3.27. The number of amides is 1. The van der Waals surface area contributed by atoms with Gasteiger partial charge in [-0.1, -0.05) is 19.0 Å². The molecule has 0 bridgehead atoms. The second-order valence-electron chi connectivity index (χ2n) is 4.88. The standard InChI is InChI=1S/C15H20N4O2/c1-4-11(5-2)15(20)18-13-7-6-12(9-16-13)17-14-8-10(3)21-19-14/h6-9,11H,4-5H2,1-3H3,(H,17,19)(H,16,18,20). The number of carbonyl (C=O) groups is 1. The van der Waals surface area contributed by atoms with Crippen LogP contribution in [-0.4, -0.2) is 16.0 Å². The SMILES string of the molecule is CCC(CC)C(=O)Nc1ccc(Nc2cc(C)on2)cn1. The highest BCUT2D eigenvalue weighted by Crippen LogP contribution is 2.17. The van der Waals surface area contributed by atoms with Gasteiger partial charge in [-0.05, 0) is 31.9 Å². The zero-order valence-electron chi connectivity index (χ0n) is 12.5. The molecular formula is C15H20N4O2. The first-order chi connectivity index (χ1) is 10.1. The van der Waals surface area contributed by atoms with E-state index >= 15 is 0 Å².